The number of ether oxygens (including phenoxy) is 5. The fraction of sp³-hybridized carbons (Fsp3) is 0.435. The Bertz CT molecular complexity index is 2580. The summed E-state index contributed by atoms with van der Waals surface area (Å²) in [6, 6.07) is 20.4. The largest absolute Gasteiger partial charge is 0.492 e. The van der Waals surface area contributed by atoms with Crippen molar-refractivity contribution in [1.82, 2.24) is 19.7 Å². The van der Waals surface area contributed by atoms with Gasteiger partial charge < -0.3 is 68.9 Å². The number of anilines is 1. The Balaban J connectivity index is 0.994. The second kappa shape index (κ2) is 21.0. The second-order valence-electron chi connectivity index (χ2n) is 16.9. The van der Waals surface area contributed by atoms with Gasteiger partial charge in [-0.05, 0) is 74.9 Å². The molecule has 8 atom stereocenters. The molecule has 21 heteroatoms. The number of alkyl halides is 1. The number of nitro benzene ring substituents is 1. The van der Waals surface area contributed by atoms with Gasteiger partial charge in [0.1, 0.15) is 54.8 Å². The van der Waals surface area contributed by atoms with E-state index in [1.807, 2.05) is 68.4 Å². The van der Waals surface area contributed by atoms with Crippen LogP contribution in [0.15, 0.2) is 72.8 Å². The van der Waals surface area contributed by atoms with Gasteiger partial charge in [-0.1, -0.05) is 30.3 Å². The molecular formula is C46H55ClN6O14. The summed E-state index contributed by atoms with van der Waals surface area (Å²) in [7, 11) is 7.02. The van der Waals surface area contributed by atoms with Gasteiger partial charge in [-0.2, -0.15) is 0 Å². The number of aromatic nitrogens is 1. The molecule has 1 saturated heterocycles. The lowest BCUT2D eigenvalue weighted by molar-refractivity contribution is -0.387. The normalized spacial score (nSPS) is 21.4. The number of halogens is 1. The van der Waals surface area contributed by atoms with Crippen LogP contribution >= 0.6 is 11.6 Å². The third kappa shape index (κ3) is 10.8. The molecule has 5 aromatic rings. The van der Waals surface area contributed by atoms with Crippen molar-refractivity contribution in [3.63, 3.8) is 0 Å². The average Bonchev–Trinajstić information content (AvgIpc) is 3.92. The summed E-state index contributed by atoms with van der Waals surface area (Å²) < 4.78 is 28.3. The van der Waals surface area contributed by atoms with Crippen molar-refractivity contribution < 1.29 is 63.7 Å². The number of hydrogen-bond donors (Lipinski definition) is 6. The number of nitrogens with zero attached hydrogens (tertiary/aromatic N) is 5. The number of fused-ring (bicyclic) bond motifs is 4. The Morgan fingerprint density at radius 3 is 2.40 bits per heavy atom. The molecule has 6 N–H and O–H groups in total. The van der Waals surface area contributed by atoms with E-state index in [4.69, 9.17) is 35.3 Å². The van der Waals surface area contributed by atoms with Gasteiger partial charge in [-0.3, -0.25) is 14.9 Å². The lowest BCUT2D eigenvalue weighted by Crippen LogP contribution is -2.60. The number of aromatic amines is 1. The minimum Gasteiger partial charge on any atom is -0.492 e. The third-order valence-electron chi connectivity index (χ3n) is 11.9. The summed E-state index contributed by atoms with van der Waals surface area (Å²) in [5.74, 6) is 0.186. The molecule has 3 heterocycles. The first-order valence-electron chi connectivity index (χ1n) is 21.5. The Kier molecular flexibility index (Phi) is 15.4. The molecule has 1 unspecified atom stereocenters. The van der Waals surface area contributed by atoms with E-state index in [0.29, 0.717) is 41.4 Å². The number of benzene rings is 4. The van der Waals surface area contributed by atoms with Crippen molar-refractivity contribution in [2.75, 3.05) is 72.5 Å². The zero-order valence-electron chi connectivity index (χ0n) is 37.5. The van der Waals surface area contributed by atoms with E-state index in [0.717, 1.165) is 34.5 Å². The maximum Gasteiger partial charge on any atom is 0.409 e. The number of carbonyl (C=O) groups excluding carboxylic acids is 2. The van der Waals surface area contributed by atoms with Crippen molar-refractivity contribution in [1.29, 1.82) is 0 Å². The van der Waals surface area contributed by atoms with Gasteiger partial charge in [0.15, 0.2) is 5.75 Å². The van der Waals surface area contributed by atoms with Gasteiger partial charge in [-0.25, -0.2) is 9.69 Å². The molecule has 0 saturated carbocycles. The summed E-state index contributed by atoms with van der Waals surface area (Å²) in [6.45, 7) is 2.58. The number of aliphatic hydroxyl groups is 5. The van der Waals surface area contributed by atoms with E-state index in [9.17, 15) is 45.2 Å². The van der Waals surface area contributed by atoms with Crippen molar-refractivity contribution in [3.8, 4) is 17.2 Å². The number of carbonyl (C=O) groups is 2. The zero-order valence-corrected chi connectivity index (χ0v) is 38.3. The van der Waals surface area contributed by atoms with Crippen LogP contribution < -0.4 is 19.1 Å². The summed E-state index contributed by atoms with van der Waals surface area (Å²) in [5, 5.41) is 65.2. The monoisotopic (exact) mass is 950 g/mol. The van der Waals surface area contributed by atoms with E-state index in [2.05, 4.69) is 4.98 Å². The maximum absolute atomic E-state index is 14.4. The van der Waals surface area contributed by atoms with Crippen LogP contribution in [0.3, 0.4) is 0 Å². The molecule has 0 spiro atoms. The SMILES string of the molecule is C[C@@H](Cl)[C@@H]1CN(C(=O)c2cc3cc(OCCN(C)C)ccc3[nH]2)c2cc(OC(O)N(C)CCN(C)C(=O)OCc3ccc(O[C@@H]4O[C@H](CO)[C@H](O)[C@H](O)[C@H]4O)c([N+](=O)[O-])c3)c3ccccc3c21. The smallest absolute Gasteiger partial charge is 0.409 e. The molecule has 2 aliphatic heterocycles. The first kappa shape index (κ1) is 49.1. The number of aliphatic hydroxyl groups excluding tert-OH is 5. The molecule has 1 aromatic heterocycles. The highest BCUT2D eigenvalue weighted by atomic mass is 35.5. The summed E-state index contributed by atoms with van der Waals surface area (Å²) in [4.78, 5) is 48.2. The van der Waals surface area contributed by atoms with Crippen molar-refractivity contribution >= 4 is 56.7 Å². The first-order valence-corrected chi connectivity index (χ1v) is 22.0. The Labute approximate surface area is 390 Å². The number of nitrogens with one attached hydrogen (secondary N) is 1. The predicted molar refractivity (Wildman–Crippen MR) is 246 cm³/mol. The number of hydrogen-bond acceptors (Lipinski definition) is 16. The molecule has 4 aromatic carbocycles. The number of nitro groups is 1. The fourth-order valence-corrected chi connectivity index (χ4v) is 8.18. The highest BCUT2D eigenvalue weighted by Crippen LogP contribution is 2.48. The number of amides is 2. The second-order valence-corrected chi connectivity index (χ2v) is 17.6. The number of H-pyrrole nitrogens is 1. The van der Waals surface area contributed by atoms with Crippen LogP contribution in [0.1, 0.15) is 34.5 Å². The molecule has 0 radical (unpaired) electrons. The summed E-state index contributed by atoms with van der Waals surface area (Å²) >= 11 is 6.81. The maximum atomic E-state index is 14.4. The van der Waals surface area contributed by atoms with Gasteiger partial charge in [0.25, 0.3) is 12.3 Å². The van der Waals surface area contributed by atoms with Crippen LogP contribution in [0.4, 0.5) is 16.2 Å². The van der Waals surface area contributed by atoms with Crippen LogP contribution in [-0.4, -0.2) is 172 Å². The Morgan fingerprint density at radius 2 is 1.70 bits per heavy atom. The highest BCUT2D eigenvalue weighted by Gasteiger charge is 2.45. The molecule has 1 fully saturated rings. The topological polar surface area (TPSA) is 253 Å². The zero-order chi connectivity index (χ0) is 48.3. The molecular weight excluding hydrogens is 896 g/mol. The van der Waals surface area contributed by atoms with E-state index in [1.54, 1.807) is 24.1 Å². The number of likely N-dealkylation sites (N-methyl/N-ethyl adjacent to an activating group) is 3. The van der Waals surface area contributed by atoms with Crippen LogP contribution in [0.5, 0.6) is 17.2 Å². The Hall–Kier alpha value is -5.81. The lowest BCUT2D eigenvalue weighted by Gasteiger charge is -2.39. The molecule has 67 heavy (non-hydrogen) atoms. The lowest BCUT2D eigenvalue weighted by atomic mass is 9.92. The van der Waals surface area contributed by atoms with E-state index < -0.39 is 60.4 Å². The van der Waals surface area contributed by atoms with Gasteiger partial charge >= 0.3 is 11.8 Å². The minimum atomic E-state index is -1.79. The molecule has 2 aliphatic rings. The van der Waals surface area contributed by atoms with Crippen LogP contribution in [-0.2, 0) is 16.1 Å². The summed E-state index contributed by atoms with van der Waals surface area (Å²) in [6.07, 6.45) is -10.4. The minimum absolute atomic E-state index is 0.0679. The Morgan fingerprint density at radius 1 is 0.955 bits per heavy atom. The van der Waals surface area contributed by atoms with Crippen molar-refractivity contribution in [3.05, 3.63) is 99.7 Å². The fourth-order valence-electron chi connectivity index (χ4n) is 7.97. The van der Waals surface area contributed by atoms with E-state index >= 15 is 0 Å². The van der Waals surface area contributed by atoms with Gasteiger partial charge in [0, 0.05) is 72.9 Å². The van der Waals surface area contributed by atoms with Gasteiger partial charge in [0.05, 0.1) is 17.2 Å². The highest BCUT2D eigenvalue weighted by molar-refractivity contribution is 6.22. The van der Waals surface area contributed by atoms with Crippen LogP contribution in [0.25, 0.3) is 21.7 Å². The molecule has 7 rings (SSSR count). The standard InChI is InChI=1S/C46H55ClN6O14/c1-25(47)31-22-52(43(58)33-20-27-19-28(11-12-32(27)48-33)63-17-16-49(2)3)35-21-37(29-8-6-7-9-30(29)39(31)35)67-46(60)51(5)15-14-50(4)45(59)64-24-26-10-13-36(34(18-26)53(61)62)65-44-42(57)41(56)40(55)38(23-54)66-44/h6-13,18-21,25,31,38,40-42,44,46,48,54-57,60H,14-17,22-24H2,1-5H3/t25-,31+,38-,40+,41+,42-,44-,46?/m1/s1. The molecule has 0 aliphatic carbocycles. The van der Waals surface area contributed by atoms with Crippen LogP contribution in [0, 0.1) is 10.1 Å². The molecule has 20 nitrogen and oxygen atoms in total. The quantitative estimate of drug-likeness (QED) is 0.0318. The molecule has 0 bridgehead atoms. The van der Waals surface area contributed by atoms with Gasteiger partial charge in [-0.15, -0.1) is 11.6 Å². The van der Waals surface area contributed by atoms with E-state index in [1.165, 1.54) is 29.0 Å². The molecule has 360 valence electrons. The van der Waals surface area contributed by atoms with E-state index in [-0.39, 0.29) is 48.2 Å². The summed E-state index contributed by atoms with van der Waals surface area (Å²) in [5.41, 5.74) is 2.30. The number of rotatable bonds is 18. The van der Waals surface area contributed by atoms with Crippen LogP contribution in [0.2, 0.25) is 0 Å². The average molecular weight is 951 g/mol. The van der Waals surface area contributed by atoms with Gasteiger partial charge in [0.2, 0.25) is 6.29 Å². The molecule has 2 amide bonds. The van der Waals surface area contributed by atoms with Crippen molar-refractivity contribution in [2.24, 2.45) is 0 Å². The third-order valence-corrected chi connectivity index (χ3v) is 12.2. The van der Waals surface area contributed by atoms with Crippen molar-refractivity contribution in [2.45, 2.75) is 61.9 Å². The predicted octanol–water partition coefficient (Wildman–Crippen LogP) is 3.57. The first-order chi connectivity index (χ1) is 31.9.